The predicted molar refractivity (Wildman–Crippen MR) is 73.3 cm³/mol. The zero-order valence-corrected chi connectivity index (χ0v) is 11.6. The Morgan fingerprint density at radius 1 is 1.37 bits per heavy atom. The van der Waals surface area contributed by atoms with Gasteiger partial charge in [-0.2, -0.15) is 0 Å². The van der Waals surface area contributed by atoms with E-state index >= 15 is 0 Å². The van der Waals surface area contributed by atoms with Crippen molar-refractivity contribution in [1.29, 1.82) is 0 Å². The summed E-state index contributed by atoms with van der Waals surface area (Å²) in [6.45, 7) is 3.42. The van der Waals surface area contributed by atoms with Crippen molar-refractivity contribution in [3.63, 3.8) is 0 Å². The highest BCUT2D eigenvalue weighted by atomic mass is 16.4. The number of para-hydroxylation sites is 1. The molecule has 1 aromatic carbocycles. The quantitative estimate of drug-likeness (QED) is 0.908. The number of aliphatic carboxylic acids is 1. The van der Waals surface area contributed by atoms with Crippen molar-refractivity contribution in [1.82, 2.24) is 0 Å². The van der Waals surface area contributed by atoms with Crippen molar-refractivity contribution < 1.29 is 14.7 Å². The second-order valence-electron chi connectivity index (χ2n) is 5.74. The fraction of sp³-hybridized carbons (Fsp3) is 0.467. The van der Waals surface area contributed by atoms with E-state index in [1.165, 1.54) is 0 Å². The molecule has 4 heteroatoms. The molecule has 1 heterocycles. The van der Waals surface area contributed by atoms with Crippen LogP contribution in [0.3, 0.4) is 0 Å². The van der Waals surface area contributed by atoms with Gasteiger partial charge in [0, 0.05) is 19.2 Å². The number of carbonyl (C=O) groups is 2. The number of aryl methyl sites for hydroxylation is 1. The summed E-state index contributed by atoms with van der Waals surface area (Å²) < 4.78 is 0. The minimum Gasteiger partial charge on any atom is -0.481 e. The molecule has 0 saturated carbocycles. The van der Waals surface area contributed by atoms with Gasteiger partial charge in [0.2, 0.25) is 5.91 Å². The fourth-order valence-corrected chi connectivity index (χ4v) is 2.51. The molecule has 2 rings (SSSR count). The van der Waals surface area contributed by atoms with Gasteiger partial charge in [0.15, 0.2) is 0 Å². The van der Waals surface area contributed by atoms with E-state index in [-0.39, 0.29) is 5.91 Å². The van der Waals surface area contributed by atoms with Crippen LogP contribution < -0.4 is 4.90 Å². The average molecular weight is 261 g/mol. The second-order valence-corrected chi connectivity index (χ2v) is 5.74. The topological polar surface area (TPSA) is 57.6 Å². The molecule has 0 radical (unpaired) electrons. The third-order valence-corrected chi connectivity index (χ3v) is 3.73. The number of rotatable bonds is 3. The van der Waals surface area contributed by atoms with Crippen molar-refractivity contribution in [2.24, 2.45) is 5.41 Å². The van der Waals surface area contributed by atoms with E-state index in [4.69, 9.17) is 0 Å². The zero-order chi connectivity index (χ0) is 14.2. The van der Waals surface area contributed by atoms with Crippen molar-refractivity contribution in [3.8, 4) is 0 Å². The molecular weight excluding hydrogens is 242 g/mol. The smallest absolute Gasteiger partial charge is 0.309 e. The summed E-state index contributed by atoms with van der Waals surface area (Å²) in [4.78, 5) is 24.7. The Hall–Kier alpha value is -1.84. The van der Waals surface area contributed by atoms with E-state index in [1.807, 2.05) is 18.2 Å². The highest BCUT2D eigenvalue weighted by Gasteiger charge is 2.31. The summed E-state index contributed by atoms with van der Waals surface area (Å²) in [6, 6.07) is 5.86. The summed E-state index contributed by atoms with van der Waals surface area (Å²) in [5.74, 6) is -0.733. The standard InChI is InChI=1S/C15H19NO3/c1-15(2,14(18)19)9-11-6-4-5-10-7-8-12(17)16(3)13(10)11/h4-6H,7-9H2,1-3H3,(H,18,19). The summed E-state index contributed by atoms with van der Waals surface area (Å²) in [5, 5.41) is 9.24. The Kier molecular flexibility index (Phi) is 3.35. The number of carboxylic acids is 1. The molecule has 102 valence electrons. The molecule has 1 aromatic rings. The fourth-order valence-electron chi connectivity index (χ4n) is 2.51. The van der Waals surface area contributed by atoms with Crippen molar-refractivity contribution in [3.05, 3.63) is 29.3 Å². The Labute approximate surface area is 113 Å². The molecule has 4 nitrogen and oxygen atoms in total. The number of hydrogen-bond donors (Lipinski definition) is 1. The lowest BCUT2D eigenvalue weighted by Crippen LogP contribution is -2.33. The summed E-state index contributed by atoms with van der Waals surface area (Å²) in [5.41, 5.74) is 2.12. The number of anilines is 1. The maximum Gasteiger partial charge on any atom is 0.309 e. The second kappa shape index (κ2) is 4.68. The van der Waals surface area contributed by atoms with E-state index < -0.39 is 11.4 Å². The summed E-state index contributed by atoms with van der Waals surface area (Å²) in [6.07, 6.45) is 1.68. The Balaban J connectivity index is 2.43. The van der Waals surface area contributed by atoms with Crippen LogP contribution in [-0.2, 0) is 22.4 Å². The number of nitrogens with zero attached hydrogens (tertiary/aromatic N) is 1. The number of carboxylic acid groups (broad SMARTS) is 1. The molecule has 0 aromatic heterocycles. The van der Waals surface area contributed by atoms with Gasteiger partial charge in [0.05, 0.1) is 5.41 Å². The Morgan fingerprint density at radius 2 is 2.05 bits per heavy atom. The molecule has 0 aliphatic carbocycles. The van der Waals surface area contributed by atoms with Gasteiger partial charge in [-0.05, 0) is 37.8 Å². The molecule has 0 saturated heterocycles. The number of benzene rings is 1. The SMILES string of the molecule is CN1C(=O)CCc2cccc(CC(C)(C)C(=O)O)c21. The lowest BCUT2D eigenvalue weighted by Gasteiger charge is -2.30. The molecule has 0 atom stereocenters. The number of amides is 1. The number of carbonyl (C=O) groups excluding carboxylic acids is 1. The Morgan fingerprint density at radius 3 is 2.68 bits per heavy atom. The number of fused-ring (bicyclic) bond motifs is 1. The van der Waals surface area contributed by atoms with Crippen LogP contribution in [0, 0.1) is 5.41 Å². The first-order valence-corrected chi connectivity index (χ1v) is 6.43. The van der Waals surface area contributed by atoms with Crippen molar-refractivity contribution in [2.45, 2.75) is 33.1 Å². The highest BCUT2D eigenvalue weighted by molar-refractivity contribution is 5.96. The minimum absolute atomic E-state index is 0.0908. The molecule has 0 fully saturated rings. The Bertz CT molecular complexity index is 534. The van der Waals surface area contributed by atoms with Crippen LogP contribution in [0.5, 0.6) is 0 Å². The summed E-state index contributed by atoms with van der Waals surface area (Å²) >= 11 is 0. The van der Waals surface area contributed by atoms with E-state index in [2.05, 4.69) is 0 Å². The predicted octanol–water partition coefficient (Wildman–Crippen LogP) is 2.25. The molecule has 0 spiro atoms. The molecule has 0 unspecified atom stereocenters. The monoisotopic (exact) mass is 261 g/mol. The molecular formula is C15H19NO3. The molecule has 19 heavy (non-hydrogen) atoms. The molecule has 1 N–H and O–H groups in total. The van der Waals surface area contributed by atoms with E-state index in [1.54, 1.807) is 25.8 Å². The minimum atomic E-state index is -0.837. The van der Waals surface area contributed by atoms with E-state index in [9.17, 15) is 14.7 Å². The van der Waals surface area contributed by atoms with Crippen LogP contribution in [0.1, 0.15) is 31.4 Å². The molecule has 1 amide bonds. The largest absolute Gasteiger partial charge is 0.481 e. The van der Waals surface area contributed by atoms with Gasteiger partial charge in [0.1, 0.15) is 0 Å². The highest BCUT2D eigenvalue weighted by Crippen LogP contribution is 2.34. The van der Waals surface area contributed by atoms with E-state index in [0.29, 0.717) is 12.8 Å². The third kappa shape index (κ3) is 2.48. The molecule has 1 aliphatic heterocycles. The van der Waals surface area contributed by atoms with Crippen molar-refractivity contribution >= 4 is 17.6 Å². The van der Waals surface area contributed by atoms with Gasteiger partial charge in [-0.3, -0.25) is 9.59 Å². The van der Waals surface area contributed by atoms with Gasteiger partial charge in [-0.25, -0.2) is 0 Å². The number of hydrogen-bond acceptors (Lipinski definition) is 2. The zero-order valence-electron chi connectivity index (χ0n) is 11.6. The van der Waals surface area contributed by atoms with Crippen LogP contribution in [-0.4, -0.2) is 24.0 Å². The van der Waals surface area contributed by atoms with Gasteiger partial charge in [-0.1, -0.05) is 18.2 Å². The normalized spacial score (nSPS) is 15.3. The maximum absolute atomic E-state index is 11.8. The van der Waals surface area contributed by atoms with Crippen molar-refractivity contribution in [2.75, 3.05) is 11.9 Å². The van der Waals surface area contributed by atoms with Gasteiger partial charge < -0.3 is 10.0 Å². The first-order valence-electron chi connectivity index (χ1n) is 6.43. The average Bonchev–Trinajstić information content (AvgIpc) is 2.33. The van der Waals surface area contributed by atoms with Crippen LogP contribution in [0.15, 0.2) is 18.2 Å². The lowest BCUT2D eigenvalue weighted by atomic mass is 9.83. The van der Waals surface area contributed by atoms with E-state index in [0.717, 1.165) is 23.2 Å². The maximum atomic E-state index is 11.8. The van der Waals surface area contributed by atoms with Crippen LogP contribution in [0.2, 0.25) is 0 Å². The van der Waals surface area contributed by atoms with Gasteiger partial charge in [0.25, 0.3) is 0 Å². The molecule has 1 aliphatic rings. The lowest BCUT2D eigenvalue weighted by molar-refractivity contribution is -0.146. The summed E-state index contributed by atoms with van der Waals surface area (Å²) in [7, 11) is 1.76. The van der Waals surface area contributed by atoms with Crippen LogP contribution in [0.4, 0.5) is 5.69 Å². The van der Waals surface area contributed by atoms with Crippen LogP contribution in [0.25, 0.3) is 0 Å². The first kappa shape index (κ1) is 13.6. The molecule has 0 bridgehead atoms. The van der Waals surface area contributed by atoms with Crippen LogP contribution >= 0.6 is 0 Å². The third-order valence-electron chi connectivity index (χ3n) is 3.73. The van der Waals surface area contributed by atoms with Gasteiger partial charge >= 0.3 is 5.97 Å². The van der Waals surface area contributed by atoms with Gasteiger partial charge in [-0.15, -0.1) is 0 Å². The first-order chi connectivity index (χ1) is 8.83.